The molecular formula is C12H14ClN3. The number of nitrogens with two attached hydrogens (primary N) is 1. The lowest BCUT2D eigenvalue weighted by Crippen LogP contribution is -2.25. The van der Waals surface area contributed by atoms with Crippen molar-refractivity contribution in [2.45, 2.75) is 25.3 Å². The smallest absolute Gasteiger partial charge is 0.108 e. The van der Waals surface area contributed by atoms with Crippen molar-refractivity contribution in [1.29, 1.82) is 0 Å². The molecule has 1 aliphatic rings. The predicted octanol–water partition coefficient (Wildman–Crippen LogP) is 2.50. The van der Waals surface area contributed by atoms with Crippen LogP contribution in [0.15, 0.2) is 18.2 Å². The van der Waals surface area contributed by atoms with Gasteiger partial charge >= 0.3 is 0 Å². The minimum Gasteiger partial charge on any atom is -0.342 e. The molecule has 0 aliphatic heterocycles. The molecule has 16 heavy (non-hydrogen) atoms. The van der Waals surface area contributed by atoms with Crippen LogP contribution in [-0.2, 0) is 6.42 Å². The Morgan fingerprint density at radius 3 is 3.06 bits per heavy atom. The van der Waals surface area contributed by atoms with E-state index in [1.807, 2.05) is 18.2 Å². The van der Waals surface area contributed by atoms with E-state index in [2.05, 4.69) is 9.97 Å². The van der Waals surface area contributed by atoms with Crippen LogP contribution in [0.25, 0.3) is 11.0 Å². The first kappa shape index (κ1) is 10.1. The minimum atomic E-state index is 0.246. The zero-order valence-electron chi connectivity index (χ0n) is 8.91. The van der Waals surface area contributed by atoms with Gasteiger partial charge in [-0.25, -0.2) is 4.98 Å². The summed E-state index contributed by atoms with van der Waals surface area (Å²) < 4.78 is 0. The van der Waals surface area contributed by atoms with Gasteiger partial charge in [0.1, 0.15) is 5.82 Å². The number of hydrogen-bond donors (Lipinski definition) is 2. The van der Waals surface area contributed by atoms with Gasteiger partial charge in [-0.1, -0.05) is 11.6 Å². The van der Waals surface area contributed by atoms with Gasteiger partial charge < -0.3 is 10.7 Å². The molecule has 0 amide bonds. The monoisotopic (exact) mass is 235 g/mol. The second-order valence-electron chi connectivity index (χ2n) is 4.55. The van der Waals surface area contributed by atoms with Gasteiger partial charge in [0.15, 0.2) is 0 Å². The molecule has 84 valence electrons. The van der Waals surface area contributed by atoms with Gasteiger partial charge in [0.05, 0.1) is 11.0 Å². The third kappa shape index (κ3) is 1.93. The van der Waals surface area contributed by atoms with Crippen LogP contribution in [0.2, 0.25) is 5.02 Å². The maximum atomic E-state index is 6.08. The van der Waals surface area contributed by atoms with Gasteiger partial charge in [0.25, 0.3) is 0 Å². The third-order valence-electron chi connectivity index (χ3n) is 3.15. The van der Waals surface area contributed by atoms with Crippen molar-refractivity contribution in [2.75, 3.05) is 0 Å². The Bertz CT molecular complexity index is 516. The highest BCUT2D eigenvalue weighted by molar-refractivity contribution is 6.31. The van der Waals surface area contributed by atoms with E-state index in [0.29, 0.717) is 5.92 Å². The second kappa shape index (κ2) is 3.75. The Hall–Kier alpha value is -1.06. The highest BCUT2D eigenvalue weighted by Crippen LogP contribution is 2.32. The lowest BCUT2D eigenvalue weighted by atomic mass is 10.1. The molecule has 3 nitrogen and oxygen atoms in total. The van der Waals surface area contributed by atoms with E-state index in [9.17, 15) is 0 Å². The fourth-order valence-corrected chi connectivity index (χ4v) is 2.22. The number of imidazole rings is 1. The first-order valence-corrected chi connectivity index (χ1v) is 6.00. The largest absolute Gasteiger partial charge is 0.342 e. The molecule has 4 heteroatoms. The molecule has 0 saturated heterocycles. The lowest BCUT2D eigenvalue weighted by molar-refractivity contribution is 0.579. The fraction of sp³-hybridized carbons (Fsp3) is 0.417. The van der Waals surface area contributed by atoms with Crippen molar-refractivity contribution in [2.24, 2.45) is 11.7 Å². The number of aromatic amines is 1. The van der Waals surface area contributed by atoms with Crippen LogP contribution in [0.4, 0.5) is 0 Å². The number of benzene rings is 1. The minimum absolute atomic E-state index is 0.246. The predicted molar refractivity (Wildman–Crippen MR) is 65.5 cm³/mol. The molecule has 1 aromatic heterocycles. The molecule has 3 N–H and O–H groups in total. The highest BCUT2D eigenvalue weighted by atomic mass is 35.5. The number of H-pyrrole nitrogens is 1. The van der Waals surface area contributed by atoms with Crippen molar-refractivity contribution < 1.29 is 0 Å². The molecule has 1 unspecified atom stereocenters. The molecule has 1 aromatic carbocycles. The molecule has 0 bridgehead atoms. The van der Waals surface area contributed by atoms with E-state index in [1.54, 1.807) is 0 Å². The van der Waals surface area contributed by atoms with E-state index in [4.69, 9.17) is 17.3 Å². The summed E-state index contributed by atoms with van der Waals surface area (Å²) in [6, 6.07) is 5.93. The van der Waals surface area contributed by atoms with Crippen LogP contribution in [0.3, 0.4) is 0 Å². The molecule has 1 aliphatic carbocycles. The Morgan fingerprint density at radius 2 is 2.31 bits per heavy atom. The van der Waals surface area contributed by atoms with Gasteiger partial charge in [-0.2, -0.15) is 0 Å². The van der Waals surface area contributed by atoms with E-state index >= 15 is 0 Å². The molecule has 2 aromatic rings. The molecule has 1 saturated carbocycles. The normalized spacial score (nSPS) is 17.9. The van der Waals surface area contributed by atoms with Gasteiger partial charge in [-0.15, -0.1) is 0 Å². The number of halogens is 1. The Kier molecular flexibility index (Phi) is 2.37. The van der Waals surface area contributed by atoms with Crippen molar-refractivity contribution in [3.8, 4) is 0 Å². The summed E-state index contributed by atoms with van der Waals surface area (Å²) in [6.45, 7) is 0. The summed E-state index contributed by atoms with van der Waals surface area (Å²) in [6.07, 6.45) is 3.37. The standard InChI is InChI=1S/C12H14ClN3/c13-8-3-4-10-11(5-8)16-12(15-10)6-9(14)7-1-2-7/h3-5,7,9H,1-2,6,14H2,(H,15,16). The average molecular weight is 236 g/mol. The van der Waals surface area contributed by atoms with Gasteiger partial charge in [-0.05, 0) is 37.0 Å². The number of nitrogens with one attached hydrogen (secondary N) is 1. The number of rotatable bonds is 3. The van der Waals surface area contributed by atoms with Crippen molar-refractivity contribution in [3.63, 3.8) is 0 Å². The molecule has 1 fully saturated rings. The summed E-state index contributed by atoms with van der Waals surface area (Å²) in [5.74, 6) is 1.67. The van der Waals surface area contributed by atoms with E-state index in [0.717, 1.165) is 28.3 Å². The average Bonchev–Trinajstić information content (AvgIpc) is 3.00. The van der Waals surface area contributed by atoms with Crippen LogP contribution in [0.1, 0.15) is 18.7 Å². The number of aromatic nitrogens is 2. The molecule has 1 heterocycles. The third-order valence-corrected chi connectivity index (χ3v) is 3.38. The number of nitrogens with zero attached hydrogens (tertiary/aromatic N) is 1. The fourth-order valence-electron chi connectivity index (χ4n) is 2.05. The summed E-state index contributed by atoms with van der Waals surface area (Å²) in [5.41, 5.74) is 8.03. The second-order valence-corrected chi connectivity index (χ2v) is 4.99. The van der Waals surface area contributed by atoms with Gasteiger partial charge in [0.2, 0.25) is 0 Å². The van der Waals surface area contributed by atoms with Crippen LogP contribution in [-0.4, -0.2) is 16.0 Å². The molecular weight excluding hydrogens is 222 g/mol. The molecule has 0 radical (unpaired) electrons. The summed E-state index contributed by atoms with van der Waals surface area (Å²) in [5, 5.41) is 0.731. The highest BCUT2D eigenvalue weighted by Gasteiger charge is 2.28. The maximum Gasteiger partial charge on any atom is 0.108 e. The Labute approximate surface area is 99.0 Å². The van der Waals surface area contributed by atoms with Gasteiger partial charge in [0, 0.05) is 17.5 Å². The summed E-state index contributed by atoms with van der Waals surface area (Å²) in [7, 11) is 0. The molecule has 1 atom stereocenters. The van der Waals surface area contributed by atoms with E-state index in [1.165, 1.54) is 12.8 Å². The van der Waals surface area contributed by atoms with Crippen LogP contribution in [0.5, 0.6) is 0 Å². The van der Waals surface area contributed by atoms with E-state index in [-0.39, 0.29) is 6.04 Å². The van der Waals surface area contributed by atoms with Gasteiger partial charge in [-0.3, -0.25) is 0 Å². The topological polar surface area (TPSA) is 54.7 Å². The maximum absolute atomic E-state index is 6.08. The van der Waals surface area contributed by atoms with E-state index < -0.39 is 0 Å². The SMILES string of the molecule is NC(Cc1nc2ccc(Cl)cc2[nH]1)C1CC1. The zero-order chi connectivity index (χ0) is 11.1. The van der Waals surface area contributed by atoms with Crippen LogP contribution >= 0.6 is 11.6 Å². The molecule has 0 spiro atoms. The first-order chi connectivity index (χ1) is 7.72. The quantitative estimate of drug-likeness (QED) is 0.859. The summed E-state index contributed by atoms with van der Waals surface area (Å²) in [4.78, 5) is 7.78. The lowest BCUT2D eigenvalue weighted by Gasteiger charge is -2.06. The van der Waals surface area contributed by atoms with Crippen LogP contribution in [0, 0.1) is 5.92 Å². The summed E-state index contributed by atoms with van der Waals surface area (Å²) >= 11 is 5.92. The molecule has 3 rings (SSSR count). The first-order valence-electron chi connectivity index (χ1n) is 5.62. The zero-order valence-corrected chi connectivity index (χ0v) is 9.67. The Morgan fingerprint density at radius 1 is 1.50 bits per heavy atom. The number of hydrogen-bond acceptors (Lipinski definition) is 2. The number of fused-ring (bicyclic) bond motifs is 1. The van der Waals surface area contributed by atoms with Crippen molar-refractivity contribution in [1.82, 2.24) is 9.97 Å². The Balaban J connectivity index is 1.86. The van der Waals surface area contributed by atoms with Crippen molar-refractivity contribution >= 4 is 22.6 Å². The van der Waals surface area contributed by atoms with Crippen molar-refractivity contribution in [3.05, 3.63) is 29.0 Å². The van der Waals surface area contributed by atoms with Crippen LogP contribution < -0.4 is 5.73 Å².